The molecule has 1 aromatic rings. The molecule has 1 fully saturated rings. The van der Waals surface area contributed by atoms with Crippen molar-refractivity contribution in [3.05, 3.63) is 18.2 Å². The number of ether oxygens (including phenoxy) is 1. The summed E-state index contributed by atoms with van der Waals surface area (Å²) >= 11 is 1.30. The molecule has 0 aromatic heterocycles. The number of rotatable bonds is 10. The van der Waals surface area contributed by atoms with E-state index >= 15 is 0 Å². The van der Waals surface area contributed by atoms with Crippen molar-refractivity contribution >= 4 is 43.2 Å². The van der Waals surface area contributed by atoms with E-state index in [0.29, 0.717) is 31.8 Å². The lowest BCUT2D eigenvalue weighted by Crippen LogP contribution is -2.31. The summed E-state index contributed by atoms with van der Waals surface area (Å²) < 4.78 is 55.7. The van der Waals surface area contributed by atoms with Gasteiger partial charge in [0.2, 0.25) is 15.9 Å². The van der Waals surface area contributed by atoms with Gasteiger partial charge in [-0.3, -0.25) is 4.79 Å². The Morgan fingerprint density at radius 3 is 2.52 bits per heavy atom. The molecule has 11 heteroatoms. The van der Waals surface area contributed by atoms with Gasteiger partial charge in [-0.05, 0) is 31.5 Å². The number of sulfonamides is 1. The highest BCUT2D eigenvalue weighted by molar-refractivity contribution is 8.02. The normalized spacial score (nSPS) is 18.7. The predicted molar refractivity (Wildman–Crippen MR) is 116 cm³/mol. The van der Waals surface area contributed by atoms with Crippen molar-refractivity contribution in [2.45, 2.75) is 37.3 Å². The van der Waals surface area contributed by atoms with Gasteiger partial charge in [0.1, 0.15) is 10.6 Å². The fourth-order valence-corrected chi connectivity index (χ4v) is 8.11. The van der Waals surface area contributed by atoms with E-state index in [1.165, 1.54) is 28.2 Å². The second-order valence-corrected chi connectivity index (χ2v) is 12.0. The first-order valence-corrected chi connectivity index (χ1v) is 13.8. The van der Waals surface area contributed by atoms with Crippen LogP contribution in [0.4, 0.5) is 5.69 Å². The van der Waals surface area contributed by atoms with Gasteiger partial charge in [-0.25, -0.2) is 16.8 Å². The molecule has 1 aliphatic rings. The smallest absolute Gasteiger partial charge is 0.246 e. The van der Waals surface area contributed by atoms with Gasteiger partial charge in [0.25, 0.3) is 0 Å². The standard InChI is InChI=1S/C18H28N2O6S3/c1-4-20(5-2)29(24,25)17-11-14(7-8-16(17)26-6-3)19-18(21)12-27-15-9-10-28(22,23)13-15/h7-8,11,15H,4-6,9-10,12-13H2,1-3H3,(H,19,21). The van der Waals surface area contributed by atoms with Crippen molar-refractivity contribution < 1.29 is 26.4 Å². The number of amides is 1. The summed E-state index contributed by atoms with van der Waals surface area (Å²) in [6.45, 7) is 6.24. The Balaban J connectivity index is 2.14. The molecule has 1 saturated heterocycles. The van der Waals surface area contributed by atoms with Gasteiger partial charge in [0.15, 0.2) is 9.84 Å². The third kappa shape index (κ3) is 6.34. The lowest BCUT2D eigenvalue weighted by molar-refractivity contribution is -0.113. The van der Waals surface area contributed by atoms with Gasteiger partial charge in [-0.1, -0.05) is 13.8 Å². The van der Waals surface area contributed by atoms with Crippen molar-refractivity contribution in [3.63, 3.8) is 0 Å². The number of anilines is 1. The fourth-order valence-electron chi connectivity index (χ4n) is 3.05. The van der Waals surface area contributed by atoms with E-state index in [0.717, 1.165) is 0 Å². The first kappa shape index (κ1) is 24.0. The highest BCUT2D eigenvalue weighted by Gasteiger charge is 2.29. The van der Waals surface area contributed by atoms with Crippen LogP contribution in [0, 0.1) is 0 Å². The van der Waals surface area contributed by atoms with Gasteiger partial charge in [-0.15, -0.1) is 11.8 Å². The van der Waals surface area contributed by atoms with Crippen molar-refractivity contribution in [2.75, 3.05) is 42.3 Å². The van der Waals surface area contributed by atoms with Crippen LogP contribution in [0.3, 0.4) is 0 Å². The minimum absolute atomic E-state index is 0.00962. The molecule has 0 aliphatic carbocycles. The molecule has 2 rings (SSSR count). The number of sulfone groups is 1. The third-order valence-corrected chi connectivity index (χ3v) is 9.84. The monoisotopic (exact) mass is 464 g/mol. The Morgan fingerprint density at radius 1 is 1.28 bits per heavy atom. The highest BCUT2D eigenvalue weighted by Crippen LogP contribution is 2.30. The topological polar surface area (TPSA) is 110 Å². The molecule has 164 valence electrons. The lowest BCUT2D eigenvalue weighted by atomic mass is 10.3. The van der Waals surface area contributed by atoms with Crippen molar-refractivity contribution in [1.82, 2.24) is 4.31 Å². The molecule has 8 nitrogen and oxygen atoms in total. The predicted octanol–water partition coefficient (Wildman–Crippen LogP) is 1.97. The Hall–Kier alpha value is -1.30. The molecule has 1 aliphatic heterocycles. The van der Waals surface area contributed by atoms with Crippen LogP contribution in [0.15, 0.2) is 23.1 Å². The molecule has 1 atom stereocenters. The average molecular weight is 465 g/mol. The zero-order valence-corrected chi connectivity index (χ0v) is 19.3. The van der Waals surface area contributed by atoms with E-state index in [9.17, 15) is 21.6 Å². The van der Waals surface area contributed by atoms with Crippen LogP contribution in [0.25, 0.3) is 0 Å². The summed E-state index contributed by atoms with van der Waals surface area (Å²) in [5.41, 5.74) is 0.351. The number of thioether (sulfide) groups is 1. The quantitative estimate of drug-likeness (QED) is 0.564. The maximum Gasteiger partial charge on any atom is 0.246 e. The van der Waals surface area contributed by atoms with Crippen molar-refractivity contribution in [1.29, 1.82) is 0 Å². The molecule has 0 radical (unpaired) electrons. The van der Waals surface area contributed by atoms with Crippen LogP contribution in [0.1, 0.15) is 27.2 Å². The molecule has 1 unspecified atom stereocenters. The van der Waals surface area contributed by atoms with Gasteiger partial charge in [0.05, 0.1) is 23.9 Å². The van der Waals surface area contributed by atoms with Crippen LogP contribution < -0.4 is 10.1 Å². The Kier molecular flexibility index (Phi) is 8.38. The molecule has 29 heavy (non-hydrogen) atoms. The largest absolute Gasteiger partial charge is 0.492 e. The summed E-state index contributed by atoms with van der Waals surface area (Å²) in [4.78, 5) is 12.3. The molecule has 1 aromatic carbocycles. The minimum atomic E-state index is -3.77. The molecule has 1 amide bonds. The Morgan fingerprint density at radius 2 is 1.97 bits per heavy atom. The number of carbonyl (C=O) groups excluding carboxylic acids is 1. The van der Waals surface area contributed by atoms with E-state index in [2.05, 4.69) is 5.32 Å². The molecule has 1 N–H and O–H groups in total. The number of carbonyl (C=O) groups is 1. The number of nitrogens with one attached hydrogen (secondary N) is 1. The van der Waals surface area contributed by atoms with Crippen molar-refractivity contribution in [2.24, 2.45) is 0 Å². The first-order chi connectivity index (χ1) is 13.6. The maximum absolute atomic E-state index is 13.0. The Labute approximate surface area is 177 Å². The summed E-state index contributed by atoms with van der Waals surface area (Å²) in [5.74, 6) is 0.293. The van der Waals surface area contributed by atoms with Crippen LogP contribution >= 0.6 is 11.8 Å². The average Bonchev–Trinajstić information content (AvgIpc) is 3.01. The van der Waals surface area contributed by atoms with Crippen molar-refractivity contribution in [3.8, 4) is 5.75 Å². The number of hydrogen-bond donors (Lipinski definition) is 1. The summed E-state index contributed by atoms with van der Waals surface area (Å²) in [6.07, 6.45) is 0.551. The number of hydrogen-bond acceptors (Lipinski definition) is 7. The van der Waals surface area contributed by atoms with Gasteiger partial charge < -0.3 is 10.1 Å². The molecule has 0 bridgehead atoms. The number of nitrogens with zero attached hydrogens (tertiary/aromatic N) is 1. The van der Waals surface area contributed by atoms with E-state index in [4.69, 9.17) is 4.74 Å². The second kappa shape index (κ2) is 10.1. The third-order valence-electron chi connectivity index (χ3n) is 4.49. The van der Waals surface area contributed by atoms with E-state index in [1.807, 2.05) is 0 Å². The summed E-state index contributed by atoms with van der Waals surface area (Å²) in [7, 11) is -6.75. The van der Waals surface area contributed by atoms with Gasteiger partial charge in [-0.2, -0.15) is 4.31 Å². The zero-order valence-electron chi connectivity index (χ0n) is 16.9. The summed E-state index contributed by atoms with van der Waals surface area (Å²) in [5, 5.41) is 2.62. The molecule has 0 spiro atoms. The number of benzene rings is 1. The molecular formula is C18H28N2O6S3. The van der Waals surface area contributed by atoms with Gasteiger partial charge in [0, 0.05) is 24.0 Å². The van der Waals surface area contributed by atoms with Crippen LogP contribution in [0.2, 0.25) is 0 Å². The molecular weight excluding hydrogens is 436 g/mol. The summed E-state index contributed by atoms with van der Waals surface area (Å²) in [6, 6.07) is 4.53. The minimum Gasteiger partial charge on any atom is -0.492 e. The first-order valence-electron chi connectivity index (χ1n) is 9.51. The SMILES string of the molecule is CCOc1ccc(NC(=O)CSC2CCS(=O)(=O)C2)cc1S(=O)(=O)N(CC)CC. The highest BCUT2D eigenvalue weighted by atomic mass is 32.2. The lowest BCUT2D eigenvalue weighted by Gasteiger charge is -2.21. The molecule has 1 heterocycles. The van der Waals surface area contributed by atoms with Gasteiger partial charge >= 0.3 is 0 Å². The van der Waals surface area contributed by atoms with E-state index in [-0.39, 0.29) is 39.1 Å². The fraction of sp³-hybridized carbons (Fsp3) is 0.611. The van der Waals surface area contributed by atoms with Crippen LogP contribution in [-0.4, -0.2) is 69.3 Å². The van der Waals surface area contributed by atoms with Crippen LogP contribution in [0.5, 0.6) is 5.75 Å². The van der Waals surface area contributed by atoms with E-state index in [1.54, 1.807) is 26.8 Å². The maximum atomic E-state index is 13.0. The zero-order chi connectivity index (χ0) is 21.7. The van der Waals surface area contributed by atoms with Crippen LogP contribution in [-0.2, 0) is 24.7 Å². The second-order valence-electron chi connectivity index (χ2n) is 6.57. The van der Waals surface area contributed by atoms with E-state index < -0.39 is 19.9 Å². The molecule has 0 saturated carbocycles. The Bertz CT molecular complexity index is 927.